The summed E-state index contributed by atoms with van der Waals surface area (Å²) in [7, 11) is 0. The Morgan fingerprint density at radius 3 is 0.929 bits per heavy atom. The van der Waals surface area contributed by atoms with Gasteiger partial charge in [0.2, 0.25) is 0 Å². The number of hydrogen-bond donors (Lipinski definition) is 0. The van der Waals surface area contributed by atoms with Crippen molar-refractivity contribution in [3.63, 3.8) is 0 Å². The van der Waals surface area contributed by atoms with Crippen molar-refractivity contribution in [1.82, 2.24) is 0 Å². The van der Waals surface area contributed by atoms with Crippen molar-refractivity contribution in [3.05, 3.63) is 12.2 Å². The normalized spacial score (nSPS) is 12.0. The number of rotatable bonds is 45. The Labute approximate surface area is 348 Å². The molecule has 330 valence electrons. The number of hydrogen-bond acceptors (Lipinski definition) is 6. The van der Waals surface area contributed by atoms with Gasteiger partial charge in [-0.2, -0.15) is 0 Å². The molecule has 0 fully saturated rings. The largest absolute Gasteiger partial charge is 0.462 e. The van der Waals surface area contributed by atoms with Gasteiger partial charge in [0, 0.05) is 19.3 Å². The van der Waals surface area contributed by atoms with Crippen LogP contribution >= 0.6 is 0 Å². The first-order valence-corrected chi connectivity index (χ1v) is 24.7. The number of ether oxygens (including phenoxy) is 3. The van der Waals surface area contributed by atoms with Gasteiger partial charge in [-0.1, -0.05) is 219 Å². The van der Waals surface area contributed by atoms with Crippen molar-refractivity contribution in [2.45, 2.75) is 277 Å². The smallest absolute Gasteiger partial charge is 0.306 e. The minimum atomic E-state index is -0.766. The standard InChI is InChI=1S/C50H94O6/c1-4-7-10-13-16-19-22-24-25-26-27-29-31-34-37-40-43-49(52)55-46-47(45-54-48(51)42-39-36-33-30-21-18-15-12-9-6-3)56-50(53)44-41-38-35-32-28-23-20-17-14-11-8-5-2/h17,20,47H,4-16,18-19,21-46H2,1-3H3/b20-17-. The van der Waals surface area contributed by atoms with E-state index in [1.807, 2.05) is 0 Å². The third-order valence-electron chi connectivity index (χ3n) is 11.0. The molecular weight excluding hydrogens is 697 g/mol. The molecule has 0 aliphatic rings. The lowest BCUT2D eigenvalue weighted by molar-refractivity contribution is -0.167. The molecule has 0 aromatic rings. The van der Waals surface area contributed by atoms with Gasteiger partial charge in [0.05, 0.1) is 0 Å². The zero-order valence-electron chi connectivity index (χ0n) is 37.7. The first-order chi connectivity index (χ1) is 27.5. The number of carbonyl (C=O) groups is 3. The van der Waals surface area contributed by atoms with Crippen LogP contribution in [0.5, 0.6) is 0 Å². The molecule has 0 aromatic carbocycles. The van der Waals surface area contributed by atoms with Crippen LogP contribution in [0.1, 0.15) is 271 Å². The highest BCUT2D eigenvalue weighted by molar-refractivity contribution is 5.71. The lowest BCUT2D eigenvalue weighted by Crippen LogP contribution is -2.30. The maximum absolute atomic E-state index is 12.7. The second-order valence-electron chi connectivity index (χ2n) is 16.7. The third kappa shape index (κ3) is 43.3. The van der Waals surface area contributed by atoms with E-state index in [2.05, 4.69) is 32.9 Å². The quantitative estimate of drug-likeness (QED) is 0.0264. The average Bonchev–Trinajstić information content (AvgIpc) is 3.19. The highest BCUT2D eigenvalue weighted by atomic mass is 16.6. The van der Waals surface area contributed by atoms with Crippen LogP contribution in [0.4, 0.5) is 0 Å². The first kappa shape index (κ1) is 54.2. The van der Waals surface area contributed by atoms with Gasteiger partial charge >= 0.3 is 17.9 Å². The molecule has 1 unspecified atom stereocenters. The Bertz CT molecular complexity index is 870. The summed E-state index contributed by atoms with van der Waals surface area (Å²) in [6.07, 6.45) is 49.1. The van der Waals surface area contributed by atoms with E-state index >= 15 is 0 Å². The predicted molar refractivity (Wildman–Crippen MR) is 238 cm³/mol. The molecule has 0 spiro atoms. The molecular formula is C50H94O6. The van der Waals surface area contributed by atoms with Crippen molar-refractivity contribution >= 4 is 17.9 Å². The fourth-order valence-corrected chi connectivity index (χ4v) is 7.26. The maximum atomic E-state index is 12.7. The zero-order chi connectivity index (χ0) is 40.8. The molecule has 0 bridgehead atoms. The van der Waals surface area contributed by atoms with Crippen LogP contribution < -0.4 is 0 Å². The summed E-state index contributed by atoms with van der Waals surface area (Å²) in [6.45, 7) is 6.62. The molecule has 0 rings (SSSR count). The summed E-state index contributed by atoms with van der Waals surface area (Å²) in [5, 5.41) is 0. The summed E-state index contributed by atoms with van der Waals surface area (Å²) in [5.74, 6) is -0.866. The van der Waals surface area contributed by atoms with Gasteiger partial charge in [0.1, 0.15) is 13.2 Å². The van der Waals surface area contributed by atoms with Crippen molar-refractivity contribution in [3.8, 4) is 0 Å². The van der Waals surface area contributed by atoms with Crippen LogP contribution in [0, 0.1) is 0 Å². The van der Waals surface area contributed by atoms with Crippen LogP contribution in [0.2, 0.25) is 0 Å². The Balaban J connectivity index is 4.29. The van der Waals surface area contributed by atoms with Crippen LogP contribution in [-0.4, -0.2) is 37.2 Å². The van der Waals surface area contributed by atoms with Gasteiger partial charge in [-0.15, -0.1) is 0 Å². The van der Waals surface area contributed by atoms with E-state index in [1.165, 1.54) is 167 Å². The molecule has 0 saturated heterocycles. The van der Waals surface area contributed by atoms with Crippen LogP contribution in [0.15, 0.2) is 12.2 Å². The Morgan fingerprint density at radius 2 is 0.589 bits per heavy atom. The lowest BCUT2D eigenvalue weighted by atomic mass is 10.0. The Hall–Kier alpha value is -1.85. The van der Waals surface area contributed by atoms with Gasteiger partial charge in [0.15, 0.2) is 6.10 Å². The zero-order valence-corrected chi connectivity index (χ0v) is 37.7. The summed E-state index contributed by atoms with van der Waals surface area (Å²) in [5.41, 5.74) is 0. The van der Waals surface area contributed by atoms with Gasteiger partial charge in [-0.3, -0.25) is 14.4 Å². The van der Waals surface area contributed by atoms with Crippen molar-refractivity contribution < 1.29 is 28.6 Å². The minimum absolute atomic E-state index is 0.0685. The Kier molecular flexibility index (Phi) is 44.3. The van der Waals surface area contributed by atoms with Crippen molar-refractivity contribution in [2.75, 3.05) is 13.2 Å². The minimum Gasteiger partial charge on any atom is -0.462 e. The molecule has 0 saturated carbocycles. The van der Waals surface area contributed by atoms with Crippen LogP contribution in [0.3, 0.4) is 0 Å². The van der Waals surface area contributed by atoms with Crippen molar-refractivity contribution in [2.24, 2.45) is 0 Å². The summed E-state index contributed by atoms with van der Waals surface area (Å²) >= 11 is 0. The molecule has 0 aromatic heterocycles. The molecule has 0 aliphatic heterocycles. The number of carbonyl (C=O) groups excluding carboxylic acids is 3. The van der Waals surface area contributed by atoms with E-state index in [0.717, 1.165) is 64.2 Å². The average molecular weight is 791 g/mol. The summed E-state index contributed by atoms with van der Waals surface area (Å²) < 4.78 is 16.7. The molecule has 6 heteroatoms. The second-order valence-corrected chi connectivity index (χ2v) is 16.7. The predicted octanol–water partition coefficient (Wildman–Crippen LogP) is 15.8. The number of unbranched alkanes of at least 4 members (excludes halogenated alkanes) is 32. The molecule has 56 heavy (non-hydrogen) atoms. The second kappa shape index (κ2) is 45.8. The monoisotopic (exact) mass is 791 g/mol. The fraction of sp³-hybridized carbons (Fsp3) is 0.900. The van der Waals surface area contributed by atoms with Gasteiger partial charge < -0.3 is 14.2 Å². The molecule has 0 aliphatic carbocycles. The molecule has 0 radical (unpaired) electrons. The van der Waals surface area contributed by atoms with Crippen molar-refractivity contribution in [1.29, 1.82) is 0 Å². The SMILES string of the molecule is CCCCC/C=C\CCCCCCCC(=O)OC(COC(=O)CCCCCCCCCCCC)COC(=O)CCCCCCCCCCCCCCCCCC. The third-order valence-corrected chi connectivity index (χ3v) is 11.0. The van der Waals surface area contributed by atoms with E-state index in [4.69, 9.17) is 14.2 Å². The highest BCUT2D eigenvalue weighted by Gasteiger charge is 2.19. The van der Waals surface area contributed by atoms with Gasteiger partial charge in [0.25, 0.3) is 0 Å². The van der Waals surface area contributed by atoms with E-state index in [9.17, 15) is 14.4 Å². The summed E-state index contributed by atoms with van der Waals surface area (Å²) in [4.78, 5) is 37.8. The van der Waals surface area contributed by atoms with E-state index in [0.29, 0.717) is 19.3 Å². The molecule has 0 N–H and O–H groups in total. The van der Waals surface area contributed by atoms with E-state index in [1.54, 1.807) is 0 Å². The molecule has 0 heterocycles. The molecule has 6 nitrogen and oxygen atoms in total. The molecule has 0 amide bonds. The number of allylic oxidation sites excluding steroid dienone is 2. The van der Waals surface area contributed by atoms with E-state index in [-0.39, 0.29) is 31.1 Å². The van der Waals surface area contributed by atoms with Gasteiger partial charge in [-0.25, -0.2) is 0 Å². The highest BCUT2D eigenvalue weighted by Crippen LogP contribution is 2.16. The van der Waals surface area contributed by atoms with Crippen LogP contribution in [0.25, 0.3) is 0 Å². The van der Waals surface area contributed by atoms with Crippen LogP contribution in [-0.2, 0) is 28.6 Å². The topological polar surface area (TPSA) is 78.9 Å². The van der Waals surface area contributed by atoms with E-state index < -0.39 is 6.10 Å². The lowest BCUT2D eigenvalue weighted by Gasteiger charge is -2.18. The van der Waals surface area contributed by atoms with Gasteiger partial charge in [-0.05, 0) is 44.9 Å². The molecule has 1 atom stereocenters. The fourth-order valence-electron chi connectivity index (χ4n) is 7.26. The summed E-state index contributed by atoms with van der Waals surface area (Å²) in [6, 6.07) is 0. The first-order valence-electron chi connectivity index (χ1n) is 24.7. The number of esters is 3. The maximum Gasteiger partial charge on any atom is 0.306 e. The Morgan fingerprint density at radius 1 is 0.339 bits per heavy atom.